The maximum Gasteiger partial charge on any atom is 0.223 e. The van der Waals surface area contributed by atoms with Crippen molar-refractivity contribution in [1.29, 1.82) is 0 Å². The lowest BCUT2D eigenvalue weighted by Crippen LogP contribution is -2.45. The van der Waals surface area contributed by atoms with Crippen molar-refractivity contribution in [3.05, 3.63) is 0 Å². The zero-order valence-electron chi connectivity index (χ0n) is 12.4. The molecule has 0 radical (unpaired) electrons. The van der Waals surface area contributed by atoms with Crippen LogP contribution >= 0.6 is 0 Å². The molecule has 2 fully saturated rings. The van der Waals surface area contributed by atoms with Crippen LogP contribution in [0.4, 0.5) is 0 Å². The summed E-state index contributed by atoms with van der Waals surface area (Å²) in [7, 11) is 0. The predicted molar refractivity (Wildman–Crippen MR) is 78.7 cm³/mol. The Balaban J connectivity index is 1.85. The van der Waals surface area contributed by atoms with Crippen LogP contribution in [0.3, 0.4) is 0 Å². The van der Waals surface area contributed by atoms with E-state index < -0.39 is 0 Å². The first kappa shape index (κ1) is 14.8. The lowest BCUT2D eigenvalue weighted by Gasteiger charge is -2.34. The first-order valence-corrected chi connectivity index (χ1v) is 8.25. The van der Waals surface area contributed by atoms with E-state index in [1.54, 1.807) is 0 Å². The highest BCUT2D eigenvalue weighted by molar-refractivity contribution is 5.79. The highest BCUT2D eigenvalue weighted by atomic mass is 16.2. The van der Waals surface area contributed by atoms with Gasteiger partial charge < -0.3 is 11.1 Å². The molecule has 4 unspecified atom stereocenters. The van der Waals surface area contributed by atoms with Crippen molar-refractivity contribution >= 4 is 5.91 Å². The highest BCUT2D eigenvalue weighted by Crippen LogP contribution is 2.31. The fraction of sp³-hybridized carbons (Fsp3) is 0.938. The summed E-state index contributed by atoms with van der Waals surface area (Å²) in [5.41, 5.74) is 5.83. The van der Waals surface area contributed by atoms with Gasteiger partial charge in [-0.2, -0.15) is 0 Å². The van der Waals surface area contributed by atoms with E-state index in [4.69, 9.17) is 5.73 Å². The molecule has 19 heavy (non-hydrogen) atoms. The maximum atomic E-state index is 12.5. The molecule has 3 heteroatoms. The first-order valence-electron chi connectivity index (χ1n) is 8.25. The van der Waals surface area contributed by atoms with E-state index >= 15 is 0 Å². The number of nitrogens with two attached hydrogens (primary N) is 1. The van der Waals surface area contributed by atoms with Crippen LogP contribution in [-0.2, 0) is 4.79 Å². The third kappa shape index (κ3) is 3.95. The summed E-state index contributed by atoms with van der Waals surface area (Å²) >= 11 is 0. The molecular formula is C16H30N2O. The summed E-state index contributed by atoms with van der Waals surface area (Å²) in [6, 6.07) is 0.423. The van der Waals surface area contributed by atoms with Gasteiger partial charge in [0.25, 0.3) is 0 Å². The minimum atomic E-state index is 0.181. The monoisotopic (exact) mass is 266 g/mol. The lowest BCUT2D eigenvalue weighted by atomic mass is 9.78. The molecule has 0 aromatic rings. The number of carbonyl (C=O) groups is 1. The second-order valence-corrected chi connectivity index (χ2v) is 6.53. The van der Waals surface area contributed by atoms with Gasteiger partial charge >= 0.3 is 0 Å². The maximum absolute atomic E-state index is 12.5. The second-order valence-electron chi connectivity index (χ2n) is 6.53. The minimum absolute atomic E-state index is 0.181. The summed E-state index contributed by atoms with van der Waals surface area (Å²) < 4.78 is 0. The first-order chi connectivity index (χ1) is 9.24. The summed E-state index contributed by atoms with van der Waals surface area (Å²) in [6.07, 6.45) is 10.8. The van der Waals surface area contributed by atoms with Gasteiger partial charge in [-0.15, -0.1) is 0 Å². The minimum Gasteiger partial charge on any atom is -0.353 e. The Hall–Kier alpha value is -0.570. The van der Waals surface area contributed by atoms with Crippen LogP contribution in [0.15, 0.2) is 0 Å². The van der Waals surface area contributed by atoms with E-state index in [1.165, 1.54) is 44.9 Å². The predicted octanol–water partition coefficient (Wildman–Crippen LogP) is 2.84. The highest BCUT2D eigenvalue weighted by Gasteiger charge is 2.31. The number of hydrogen-bond acceptors (Lipinski definition) is 2. The fourth-order valence-corrected chi connectivity index (χ4v) is 3.94. The molecule has 2 saturated carbocycles. The number of carbonyl (C=O) groups excluding carboxylic acids is 1. The van der Waals surface area contributed by atoms with Crippen molar-refractivity contribution in [1.82, 2.24) is 5.32 Å². The molecule has 0 aromatic heterocycles. The molecule has 3 nitrogen and oxygen atoms in total. The van der Waals surface area contributed by atoms with Crippen molar-refractivity contribution in [2.75, 3.05) is 6.54 Å². The smallest absolute Gasteiger partial charge is 0.223 e. The molecule has 0 bridgehead atoms. The number of hydrogen-bond donors (Lipinski definition) is 2. The van der Waals surface area contributed by atoms with E-state index in [0.29, 0.717) is 18.5 Å². The standard InChI is InChI=1S/C16H30N2O/c1-2-12-6-5-8-14(10-12)18-16(19)15-9-4-3-7-13(15)11-17/h12-15H,2-11,17H2,1H3,(H,18,19). The quantitative estimate of drug-likeness (QED) is 0.822. The number of nitrogens with one attached hydrogen (secondary N) is 1. The topological polar surface area (TPSA) is 55.1 Å². The summed E-state index contributed by atoms with van der Waals surface area (Å²) in [5.74, 6) is 1.70. The largest absolute Gasteiger partial charge is 0.353 e. The van der Waals surface area contributed by atoms with Crippen molar-refractivity contribution in [3.63, 3.8) is 0 Å². The Labute approximate surface area is 117 Å². The summed E-state index contributed by atoms with van der Waals surface area (Å²) in [4.78, 5) is 12.5. The molecule has 1 amide bonds. The van der Waals surface area contributed by atoms with Crippen LogP contribution in [-0.4, -0.2) is 18.5 Å². The summed E-state index contributed by atoms with van der Waals surface area (Å²) in [6.45, 7) is 2.93. The molecule has 4 atom stereocenters. The molecular weight excluding hydrogens is 236 g/mol. The Morgan fingerprint density at radius 2 is 1.95 bits per heavy atom. The number of amides is 1. The van der Waals surface area contributed by atoms with E-state index in [0.717, 1.165) is 18.8 Å². The van der Waals surface area contributed by atoms with E-state index in [2.05, 4.69) is 12.2 Å². The zero-order chi connectivity index (χ0) is 13.7. The van der Waals surface area contributed by atoms with E-state index in [1.807, 2.05) is 0 Å². The molecule has 2 rings (SSSR count). The van der Waals surface area contributed by atoms with Gasteiger partial charge in [0.2, 0.25) is 5.91 Å². The van der Waals surface area contributed by atoms with Gasteiger partial charge in [0.1, 0.15) is 0 Å². The number of rotatable bonds is 4. The second kappa shape index (κ2) is 7.28. The average Bonchev–Trinajstić information content (AvgIpc) is 2.47. The Morgan fingerprint density at radius 1 is 1.16 bits per heavy atom. The van der Waals surface area contributed by atoms with Crippen LogP contribution in [0.2, 0.25) is 0 Å². The molecule has 0 aromatic carbocycles. The van der Waals surface area contributed by atoms with Crippen LogP contribution in [0, 0.1) is 17.8 Å². The van der Waals surface area contributed by atoms with Crippen LogP contribution in [0.5, 0.6) is 0 Å². The molecule has 110 valence electrons. The van der Waals surface area contributed by atoms with Crippen LogP contribution in [0.25, 0.3) is 0 Å². The van der Waals surface area contributed by atoms with E-state index in [9.17, 15) is 4.79 Å². The molecule has 0 heterocycles. The van der Waals surface area contributed by atoms with Crippen LogP contribution < -0.4 is 11.1 Å². The van der Waals surface area contributed by atoms with Crippen molar-refractivity contribution in [3.8, 4) is 0 Å². The lowest BCUT2D eigenvalue weighted by molar-refractivity contribution is -0.128. The SMILES string of the molecule is CCC1CCCC(NC(=O)C2CCCCC2CN)C1. The average molecular weight is 266 g/mol. The van der Waals surface area contributed by atoms with Crippen LogP contribution in [0.1, 0.15) is 64.7 Å². The molecule has 2 aliphatic carbocycles. The Morgan fingerprint density at radius 3 is 2.68 bits per heavy atom. The Kier molecular flexibility index (Phi) is 5.68. The van der Waals surface area contributed by atoms with Gasteiger partial charge in [-0.25, -0.2) is 0 Å². The fourth-order valence-electron chi connectivity index (χ4n) is 3.94. The molecule has 2 aliphatic rings. The Bertz CT molecular complexity index is 292. The van der Waals surface area contributed by atoms with E-state index in [-0.39, 0.29) is 11.8 Å². The molecule has 3 N–H and O–H groups in total. The van der Waals surface area contributed by atoms with Gasteiger partial charge in [0.05, 0.1) is 0 Å². The van der Waals surface area contributed by atoms with Crippen molar-refractivity contribution < 1.29 is 4.79 Å². The molecule has 0 aliphatic heterocycles. The van der Waals surface area contributed by atoms with Gasteiger partial charge in [-0.3, -0.25) is 4.79 Å². The third-order valence-electron chi connectivity index (χ3n) is 5.26. The van der Waals surface area contributed by atoms with Crippen molar-refractivity contribution in [2.45, 2.75) is 70.8 Å². The normalized spacial score (nSPS) is 35.9. The van der Waals surface area contributed by atoms with Gasteiger partial charge in [-0.05, 0) is 44.1 Å². The molecule has 0 saturated heterocycles. The summed E-state index contributed by atoms with van der Waals surface area (Å²) in [5, 5.41) is 3.32. The van der Waals surface area contributed by atoms with Gasteiger partial charge in [-0.1, -0.05) is 39.0 Å². The zero-order valence-corrected chi connectivity index (χ0v) is 12.4. The molecule has 0 spiro atoms. The van der Waals surface area contributed by atoms with Gasteiger partial charge in [0, 0.05) is 12.0 Å². The van der Waals surface area contributed by atoms with Gasteiger partial charge in [0.15, 0.2) is 0 Å². The third-order valence-corrected chi connectivity index (χ3v) is 5.26. The van der Waals surface area contributed by atoms with Crippen molar-refractivity contribution in [2.24, 2.45) is 23.5 Å².